The van der Waals surface area contributed by atoms with Gasteiger partial charge < -0.3 is 5.01 Å². The summed E-state index contributed by atoms with van der Waals surface area (Å²) >= 11 is 0. The molecule has 4 heteroatoms. The van der Waals surface area contributed by atoms with Gasteiger partial charge in [-0.15, -0.1) is 0 Å². The van der Waals surface area contributed by atoms with Crippen molar-refractivity contribution in [3.8, 4) is 0 Å². The van der Waals surface area contributed by atoms with Gasteiger partial charge in [0.05, 0.1) is 5.69 Å². The molecule has 0 saturated heterocycles. The van der Waals surface area contributed by atoms with Crippen LogP contribution in [-0.2, 0) is 0 Å². The predicted molar refractivity (Wildman–Crippen MR) is 38.9 cm³/mol. The van der Waals surface area contributed by atoms with E-state index in [0.29, 0.717) is 5.69 Å². The third-order valence-electron chi connectivity index (χ3n) is 1.31. The summed E-state index contributed by atoms with van der Waals surface area (Å²) in [5.74, 6) is 3.52. The van der Waals surface area contributed by atoms with Crippen molar-refractivity contribution in [2.45, 2.75) is 0 Å². The van der Waals surface area contributed by atoms with Crippen LogP contribution in [0.15, 0.2) is 18.2 Å². The van der Waals surface area contributed by atoms with E-state index in [-0.39, 0.29) is 0 Å². The van der Waals surface area contributed by atoms with Crippen LogP contribution in [-0.4, -0.2) is 7.05 Å². The molecule has 0 aliphatic heterocycles. The lowest BCUT2D eigenvalue weighted by atomic mass is 10.3. The number of hydrazine groups is 1. The van der Waals surface area contributed by atoms with Gasteiger partial charge in [-0.05, 0) is 12.1 Å². The Morgan fingerprint density at radius 1 is 1.27 bits per heavy atom. The minimum atomic E-state index is -0.889. The molecule has 0 aliphatic carbocycles. The number of benzene rings is 1. The van der Waals surface area contributed by atoms with Gasteiger partial charge in [-0.25, -0.2) is 14.6 Å². The molecule has 0 fully saturated rings. The summed E-state index contributed by atoms with van der Waals surface area (Å²) in [4.78, 5) is 0. The summed E-state index contributed by atoms with van der Waals surface area (Å²) in [5, 5.41) is 1.21. The zero-order valence-electron chi connectivity index (χ0n) is 6.01. The van der Waals surface area contributed by atoms with E-state index < -0.39 is 11.6 Å². The summed E-state index contributed by atoms with van der Waals surface area (Å²) in [6.07, 6.45) is 0. The highest BCUT2D eigenvalue weighted by molar-refractivity contribution is 5.44. The molecule has 0 heterocycles. The second-order valence-corrected chi connectivity index (χ2v) is 2.21. The molecule has 11 heavy (non-hydrogen) atoms. The van der Waals surface area contributed by atoms with E-state index >= 15 is 0 Å². The number of halogens is 2. The van der Waals surface area contributed by atoms with Gasteiger partial charge in [-0.2, -0.15) is 0 Å². The first-order chi connectivity index (χ1) is 5.11. The average Bonchev–Trinajstić information content (AvgIpc) is 1.94. The van der Waals surface area contributed by atoms with Crippen molar-refractivity contribution < 1.29 is 8.78 Å². The first-order valence-corrected chi connectivity index (χ1v) is 3.05. The van der Waals surface area contributed by atoms with Crippen molar-refractivity contribution in [3.63, 3.8) is 0 Å². The van der Waals surface area contributed by atoms with Gasteiger partial charge in [0.2, 0.25) is 0 Å². The van der Waals surface area contributed by atoms with Crippen molar-refractivity contribution in [2.75, 3.05) is 12.1 Å². The molecule has 0 atom stereocenters. The number of anilines is 1. The molecule has 0 amide bonds. The highest BCUT2D eigenvalue weighted by Gasteiger charge is 2.02. The van der Waals surface area contributed by atoms with Crippen LogP contribution in [0.25, 0.3) is 0 Å². The van der Waals surface area contributed by atoms with Crippen LogP contribution in [0.3, 0.4) is 0 Å². The molecular formula is C7H8F2N2. The molecule has 2 N–H and O–H groups in total. The Kier molecular flexibility index (Phi) is 2.05. The van der Waals surface area contributed by atoms with Crippen molar-refractivity contribution in [1.29, 1.82) is 0 Å². The van der Waals surface area contributed by atoms with E-state index in [1.807, 2.05) is 0 Å². The fraction of sp³-hybridized carbons (Fsp3) is 0.143. The zero-order chi connectivity index (χ0) is 8.43. The van der Waals surface area contributed by atoms with Gasteiger partial charge in [-0.3, -0.25) is 0 Å². The monoisotopic (exact) mass is 158 g/mol. The summed E-state index contributed by atoms with van der Waals surface area (Å²) in [6, 6.07) is 3.47. The first kappa shape index (κ1) is 7.94. The average molecular weight is 158 g/mol. The molecular weight excluding hydrogens is 150 g/mol. The van der Waals surface area contributed by atoms with Gasteiger partial charge in [0, 0.05) is 13.1 Å². The first-order valence-electron chi connectivity index (χ1n) is 3.05. The molecule has 60 valence electrons. The van der Waals surface area contributed by atoms with Crippen LogP contribution in [0.1, 0.15) is 0 Å². The normalized spacial score (nSPS) is 9.82. The Balaban J connectivity index is 3.05. The number of nitrogens with zero attached hydrogens (tertiary/aromatic N) is 1. The third kappa shape index (κ3) is 1.65. The van der Waals surface area contributed by atoms with Crippen LogP contribution in [0.4, 0.5) is 14.5 Å². The Hall–Kier alpha value is -1.16. The van der Waals surface area contributed by atoms with Crippen LogP contribution < -0.4 is 10.9 Å². The Labute approximate surface area is 63.2 Å². The maximum Gasteiger partial charge on any atom is 0.160 e. The van der Waals surface area contributed by atoms with E-state index in [0.717, 1.165) is 12.1 Å². The molecule has 0 aromatic heterocycles. The summed E-state index contributed by atoms with van der Waals surface area (Å²) < 4.78 is 24.8. The summed E-state index contributed by atoms with van der Waals surface area (Å²) in [6.45, 7) is 0. The van der Waals surface area contributed by atoms with Crippen molar-refractivity contribution in [2.24, 2.45) is 5.84 Å². The lowest BCUT2D eigenvalue weighted by Crippen LogP contribution is -2.25. The summed E-state index contributed by atoms with van der Waals surface area (Å²) in [5.41, 5.74) is 0.434. The molecule has 0 unspecified atom stereocenters. The van der Waals surface area contributed by atoms with Crippen LogP contribution >= 0.6 is 0 Å². The predicted octanol–water partition coefficient (Wildman–Crippen LogP) is 1.27. The topological polar surface area (TPSA) is 29.3 Å². The Morgan fingerprint density at radius 2 is 1.91 bits per heavy atom. The number of rotatable bonds is 1. The lowest BCUT2D eigenvalue weighted by molar-refractivity contribution is 0.508. The van der Waals surface area contributed by atoms with Gasteiger partial charge in [0.1, 0.15) is 0 Å². The Bertz CT molecular complexity index is 261. The Morgan fingerprint density at radius 3 is 2.36 bits per heavy atom. The lowest BCUT2D eigenvalue weighted by Gasteiger charge is -2.11. The van der Waals surface area contributed by atoms with E-state index in [9.17, 15) is 8.78 Å². The highest BCUT2D eigenvalue weighted by atomic mass is 19.2. The second-order valence-electron chi connectivity index (χ2n) is 2.21. The quantitative estimate of drug-likeness (QED) is 0.492. The highest BCUT2D eigenvalue weighted by Crippen LogP contribution is 2.13. The smallest absolute Gasteiger partial charge is 0.160 e. The molecule has 0 radical (unpaired) electrons. The van der Waals surface area contributed by atoms with Crippen LogP contribution in [0, 0.1) is 11.6 Å². The number of hydrogen-bond donors (Lipinski definition) is 1. The van der Waals surface area contributed by atoms with E-state index in [4.69, 9.17) is 5.84 Å². The SMILES string of the molecule is CN(N)c1ccc(F)c(F)c1. The summed E-state index contributed by atoms with van der Waals surface area (Å²) in [7, 11) is 1.55. The zero-order valence-corrected chi connectivity index (χ0v) is 6.01. The van der Waals surface area contributed by atoms with E-state index in [2.05, 4.69) is 0 Å². The molecule has 1 rings (SSSR count). The maximum atomic E-state index is 12.5. The van der Waals surface area contributed by atoms with Gasteiger partial charge >= 0.3 is 0 Å². The molecule has 0 bridgehead atoms. The van der Waals surface area contributed by atoms with E-state index in [1.165, 1.54) is 11.1 Å². The standard InChI is InChI=1S/C7H8F2N2/c1-11(10)5-2-3-6(8)7(9)4-5/h2-4H,10H2,1H3. The maximum absolute atomic E-state index is 12.5. The van der Waals surface area contributed by atoms with Crippen LogP contribution in [0.5, 0.6) is 0 Å². The fourth-order valence-electron chi connectivity index (χ4n) is 0.704. The van der Waals surface area contributed by atoms with Gasteiger partial charge in [-0.1, -0.05) is 0 Å². The molecule has 0 spiro atoms. The van der Waals surface area contributed by atoms with Gasteiger partial charge in [0.15, 0.2) is 11.6 Å². The van der Waals surface area contributed by atoms with Gasteiger partial charge in [0.25, 0.3) is 0 Å². The molecule has 0 saturated carbocycles. The fourth-order valence-corrected chi connectivity index (χ4v) is 0.704. The molecule has 1 aromatic rings. The minimum absolute atomic E-state index is 0.434. The third-order valence-corrected chi connectivity index (χ3v) is 1.31. The number of nitrogens with two attached hydrogens (primary N) is 1. The van der Waals surface area contributed by atoms with Crippen molar-refractivity contribution in [3.05, 3.63) is 29.8 Å². The second kappa shape index (κ2) is 2.84. The number of hydrogen-bond acceptors (Lipinski definition) is 2. The molecule has 0 aliphatic rings. The van der Waals surface area contributed by atoms with E-state index in [1.54, 1.807) is 7.05 Å². The largest absolute Gasteiger partial charge is 0.314 e. The van der Waals surface area contributed by atoms with Crippen molar-refractivity contribution >= 4 is 5.69 Å². The molecule has 2 nitrogen and oxygen atoms in total. The molecule has 1 aromatic carbocycles. The van der Waals surface area contributed by atoms with Crippen molar-refractivity contribution in [1.82, 2.24) is 0 Å². The van der Waals surface area contributed by atoms with Crippen LogP contribution in [0.2, 0.25) is 0 Å². The minimum Gasteiger partial charge on any atom is -0.314 e.